The Balaban J connectivity index is 1.26. The molecule has 2 aromatic carbocycles. The number of carbonyl (C=O) groups excluding carboxylic acids is 1. The van der Waals surface area contributed by atoms with Crippen molar-refractivity contribution in [1.82, 2.24) is 20.1 Å². The highest BCUT2D eigenvalue weighted by molar-refractivity contribution is 5.78. The van der Waals surface area contributed by atoms with E-state index in [1.54, 1.807) is 18.3 Å². The molecule has 0 atom stereocenters. The van der Waals surface area contributed by atoms with E-state index >= 15 is 0 Å². The van der Waals surface area contributed by atoms with Crippen LogP contribution >= 0.6 is 0 Å². The first-order valence-corrected chi connectivity index (χ1v) is 12.1. The standard InChI is InChI=1S/C28H33FN4O2/c1-21-4-3-5-23(16-21)19-30-27(34)17-22-6-8-24(9-7-22)28-26(29)18-25(20-31-28)35-15-14-33-12-10-32(2)11-13-33/h3-9,16,18,20H,10-15,17,19H2,1-2H3,(H,30,34). The number of aromatic nitrogens is 1. The molecular formula is C28H33FN4O2. The van der Waals surface area contributed by atoms with Gasteiger partial charge in [0.25, 0.3) is 0 Å². The Morgan fingerprint density at radius 1 is 1.06 bits per heavy atom. The monoisotopic (exact) mass is 476 g/mol. The summed E-state index contributed by atoms with van der Waals surface area (Å²) in [6, 6.07) is 16.7. The molecule has 1 fully saturated rings. The van der Waals surface area contributed by atoms with Crippen LogP contribution in [-0.4, -0.2) is 67.1 Å². The average molecular weight is 477 g/mol. The molecule has 0 saturated carbocycles. The van der Waals surface area contributed by atoms with Crippen molar-refractivity contribution in [2.75, 3.05) is 46.4 Å². The topological polar surface area (TPSA) is 57.7 Å². The Bertz CT molecular complexity index is 1130. The SMILES string of the molecule is Cc1cccc(CNC(=O)Cc2ccc(-c3ncc(OCCN4CCN(C)CC4)cc3F)cc2)c1. The molecule has 1 amide bonds. The van der Waals surface area contributed by atoms with Crippen LogP contribution in [-0.2, 0) is 17.8 Å². The van der Waals surface area contributed by atoms with Gasteiger partial charge in [-0.2, -0.15) is 0 Å². The summed E-state index contributed by atoms with van der Waals surface area (Å²) in [5.41, 5.74) is 4.03. The van der Waals surface area contributed by atoms with Crippen LogP contribution in [0.1, 0.15) is 16.7 Å². The predicted molar refractivity (Wildman–Crippen MR) is 136 cm³/mol. The summed E-state index contributed by atoms with van der Waals surface area (Å²) in [7, 11) is 2.13. The highest BCUT2D eigenvalue weighted by Gasteiger charge is 2.14. The molecule has 1 saturated heterocycles. The summed E-state index contributed by atoms with van der Waals surface area (Å²) in [4.78, 5) is 21.3. The molecule has 7 heteroatoms. The number of likely N-dealkylation sites (N-methyl/N-ethyl adjacent to an activating group) is 1. The fourth-order valence-corrected chi connectivity index (χ4v) is 4.13. The van der Waals surface area contributed by atoms with Crippen molar-refractivity contribution in [3.63, 3.8) is 0 Å². The van der Waals surface area contributed by atoms with Gasteiger partial charge in [-0.3, -0.25) is 9.69 Å². The van der Waals surface area contributed by atoms with Crippen molar-refractivity contribution in [1.29, 1.82) is 0 Å². The Hall–Kier alpha value is -3.29. The van der Waals surface area contributed by atoms with Gasteiger partial charge < -0.3 is 15.0 Å². The zero-order chi connectivity index (χ0) is 24.6. The van der Waals surface area contributed by atoms with Gasteiger partial charge in [0.1, 0.15) is 18.1 Å². The number of halogens is 1. The molecule has 1 aromatic heterocycles. The van der Waals surface area contributed by atoms with Crippen LogP contribution in [0.25, 0.3) is 11.3 Å². The molecular weight excluding hydrogens is 443 g/mol. The Labute approximate surface area is 206 Å². The lowest BCUT2D eigenvalue weighted by atomic mass is 10.1. The van der Waals surface area contributed by atoms with Gasteiger partial charge in [0, 0.05) is 50.9 Å². The molecule has 0 aliphatic carbocycles. The zero-order valence-corrected chi connectivity index (χ0v) is 20.5. The molecule has 3 aromatic rings. The maximum Gasteiger partial charge on any atom is 0.224 e. The third kappa shape index (κ3) is 7.34. The number of pyridine rings is 1. The molecule has 2 heterocycles. The fourth-order valence-electron chi connectivity index (χ4n) is 4.13. The Kier molecular flexibility index (Phi) is 8.45. The van der Waals surface area contributed by atoms with Crippen molar-refractivity contribution in [2.24, 2.45) is 0 Å². The molecule has 1 N–H and O–H groups in total. The number of nitrogens with one attached hydrogen (secondary N) is 1. The Morgan fingerprint density at radius 3 is 2.54 bits per heavy atom. The van der Waals surface area contributed by atoms with E-state index in [9.17, 15) is 9.18 Å². The van der Waals surface area contributed by atoms with Gasteiger partial charge in [-0.05, 0) is 25.1 Å². The van der Waals surface area contributed by atoms with Crippen LogP contribution in [0.5, 0.6) is 5.75 Å². The van der Waals surface area contributed by atoms with Gasteiger partial charge in [0.2, 0.25) is 5.91 Å². The summed E-state index contributed by atoms with van der Waals surface area (Å²) in [6.07, 6.45) is 1.83. The number of amides is 1. The third-order valence-electron chi connectivity index (χ3n) is 6.25. The van der Waals surface area contributed by atoms with Crippen molar-refractivity contribution in [2.45, 2.75) is 19.9 Å². The summed E-state index contributed by atoms with van der Waals surface area (Å²) < 4.78 is 20.5. The number of aryl methyl sites for hydroxylation is 1. The average Bonchev–Trinajstić information content (AvgIpc) is 2.85. The summed E-state index contributed by atoms with van der Waals surface area (Å²) in [5, 5.41) is 2.95. The van der Waals surface area contributed by atoms with E-state index in [1.807, 2.05) is 37.3 Å². The number of hydrogen-bond acceptors (Lipinski definition) is 5. The second-order valence-corrected chi connectivity index (χ2v) is 9.13. The van der Waals surface area contributed by atoms with Gasteiger partial charge in [-0.25, -0.2) is 9.37 Å². The number of hydrogen-bond donors (Lipinski definition) is 1. The summed E-state index contributed by atoms with van der Waals surface area (Å²) in [6.45, 7) is 8.01. The molecule has 0 bridgehead atoms. The number of carbonyl (C=O) groups is 1. The molecule has 35 heavy (non-hydrogen) atoms. The van der Waals surface area contributed by atoms with E-state index in [2.05, 4.69) is 33.2 Å². The minimum absolute atomic E-state index is 0.0540. The molecule has 0 radical (unpaired) electrons. The van der Waals surface area contributed by atoms with E-state index < -0.39 is 5.82 Å². The lowest BCUT2D eigenvalue weighted by Gasteiger charge is -2.32. The van der Waals surface area contributed by atoms with Crippen LogP contribution in [0.2, 0.25) is 0 Å². The van der Waals surface area contributed by atoms with Crippen LogP contribution in [0.4, 0.5) is 4.39 Å². The highest BCUT2D eigenvalue weighted by atomic mass is 19.1. The zero-order valence-electron chi connectivity index (χ0n) is 20.5. The van der Waals surface area contributed by atoms with Crippen molar-refractivity contribution >= 4 is 5.91 Å². The second-order valence-electron chi connectivity index (χ2n) is 9.13. The van der Waals surface area contributed by atoms with Gasteiger partial charge in [0.15, 0.2) is 5.82 Å². The van der Waals surface area contributed by atoms with Crippen LogP contribution in [0.15, 0.2) is 60.8 Å². The van der Waals surface area contributed by atoms with Gasteiger partial charge in [-0.15, -0.1) is 0 Å². The minimum atomic E-state index is -0.425. The first-order chi connectivity index (χ1) is 17.0. The van der Waals surface area contributed by atoms with E-state index in [0.717, 1.165) is 43.9 Å². The first kappa shape index (κ1) is 24.8. The first-order valence-electron chi connectivity index (χ1n) is 12.1. The van der Waals surface area contributed by atoms with Crippen molar-refractivity contribution in [3.05, 3.63) is 83.3 Å². The number of piperazine rings is 1. The van der Waals surface area contributed by atoms with Crippen molar-refractivity contribution < 1.29 is 13.9 Å². The van der Waals surface area contributed by atoms with E-state index in [4.69, 9.17) is 4.74 Å². The molecule has 184 valence electrons. The van der Waals surface area contributed by atoms with Crippen LogP contribution < -0.4 is 10.1 Å². The van der Waals surface area contributed by atoms with Gasteiger partial charge >= 0.3 is 0 Å². The minimum Gasteiger partial charge on any atom is -0.491 e. The smallest absolute Gasteiger partial charge is 0.224 e. The molecule has 0 spiro atoms. The number of nitrogens with zero attached hydrogens (tertiary/aromatic N) is 3. The summed E-state index contributed by atoms with van der Waals surface area (Å²) >= 11 is 0. The summed E-state index contributed by atoms with van der Waals surface area (Å²) in [5.74, 6) is -0.0466. The molecule has 6 nitrogen and oxygen atoms in total. The number of ether oxygens (including phenoxy) is 1. The third-order valence-corrected chi connectivity index (χ3v) is 6.25. The number of benzene rings is 2. The largest absolute Gasteiger partial charge is 0.491 e. The fraction of sp³-hybridized carbons (Fsp3) is 0.357. The molecule has 4 rings (SSSR count). The van der Waals surface area contributed by atoms with Gasteiger partial charge in [0.05, 0.1) is 12.6 Å². The molecule has 1 aliphatic heterocycles. The Morgan fingerprint density at radius 2 is 1.83 bits per heavy atom. The van der Waals surface area contributed by atoms with E-state index in [1.165, 1.54) is 11.6 Å². The van der Waals surface area contributed by atoms with E-state index in [0.29, 0.717) is 24.5 Å². The maximum atomic E-state index is 14.7. The van der Waals surface area contributed by atoms with E-state index in [-0.39, 0.29) is 18.0 Å². The quantitative estimate of drug-likeness (QED) is 0.511. The number of rotatable bonds is 9. The lowest BCUT2D eigenvalue weighted by molar-refractivity contribution is -0.120. The van der Waals surface area contributed by atoms with Crippen LogP contribution in [0, 0.1) is 12.7 Å². The highest BCUT2D eigenvalue weighted by Crippen LogP contribution is 2.24. The second kappa shape index (κ2) is 11.9. The molecule has 0 unspecified atom stereocenters. The van der Waals surface area contributed by atoms with Crippen LogP contribution in [0.3, 0.4) is 0 Å². The predicted octanol–water partition coefficient (Wildman–Crippen LogP) is 3.68. The molecule has 1 aliphatic rings. The normalized spacial score (nSPS) is 14.6. The van der Waals surface area contributed by atoms with Gasteiger partial charge in [-0.1, -0.05) is 54.1 Å². The lowest BCUT2D eigenvalue weighted by Crippen LogP contribution is -2.45. The maximum absolute atomic E-state index is 14.7. The van der Waals surface area contributed by atoms with Crippen molar-refractivity contribution in [3.8, 4) is 17.0 Å².